The summed E-state index contributed by atoms with van der Waals surface area (Å²) in [6.45, 7) is 0. The number of benzene rings is 1. The summed E-state index contributed by atoms with van der Waals surface area (Å²) in [5.74, 6) is 1.48. The van der Waals surface area contributed by atoms with E-state index in [0.717, 1.165) is 32.2 Å². The SMILES string of the molecule is O=c1cc(CSCc2csc(-c3ccccc3)n2)nc2ccc(Br)cn12. The van der Waals surface area contributed by atoms with Crippen LogP contribution in [0.15, 0.2) is 69.4 Å². The molecule has 130 valence electrons. The van der Waals surface area contributed by atoms with Crippen molar-refractivity contribution in [3.8, 4) is 10.6 Å². The van der Waals surface area contributed by atoms with Gasteiger partial charge in [-0.25, -0.2) is 9.97 Å². The number of thiazole rings is 1. The van der Waals surface area contributed by atoms with E-state index in [2.05, 4.69) is 38.4 Å². The number of halogens is 1. The van der Waals surface area contributed by atoms with Gasteiger partial charge in [0.1, 0.15) is 10.7 Å². The zero-order valence-corrected chi connectivity index (χ0v) is 16.9. The number of thioether (sulfide) groups is 1. The van der Waals surface area contributed by atoms with E-state index in [1.54, 1.807) is 39.8 Å². The van der Waals surface area contributed by atoms with Crippen LogP contribution < -0.4 is 5.56 Å². The number of hydrogen-bond donors (Lipinski definition) is 0. The van der Waals surface area contributed by atoms with Gasteiger partial charge in [-0.05, 0) is 28.1 Å². The quantitative estimate of drug-likeness (QED) is 0.434. The molecule has 0 aliphatic rings. The third kappa shape index (κ3) is 3.90. The van der Waals surface area contributed by atoms with Crippen molar-refractivity contribution in [1.29, 1.82) is 0 Å². The third-order valence-electron chi connectivity index (χ3n) is 3.75. The Morgan fingerprint density at radius 1 is 1.04 bits per heavy atom. The van der Waals surface area contributed by atoms with Gasteiger partial charge in [0.15, 0.2) is 0 Å². The normalized spacial score (nSPS) is 11.1. The van der Waals surface area contributed by atoms with Gasteiger partial charge < -0.3 is 0 Å². The maximum Gasteiger partial charge on any atom is 0.258 e. The van der Waals surface area contributed by atoms with Crippen LogP contribution in [0.2, 0.25) is 0 Å². The molecule has 26 heavy (non-hydrogen) atoms. The Bertz CT molecular complexity index is 1110. The highest BCUT2D eigenvalue weighted by Crippen LogP contribution is 2.25. The van der Waals surface area contributed by atoms with Crippen LogP contribution in [0.4, 0.5) is 0 Å². The van der Waals surface area contributed by atoms with Crippen molar-refractivity contribution in [2.45, 2.75) is 11.5 Å². The molecule has 0 bridgehead atoms. The zero-order chi connectivity index (χ0) is 17.9. The summed E-state index contributed by atoms with van der Waals surface area (Å²) in [6.07, 6.45) is 1.74. The van der Waals surface area contributed by atoms with E-state index in [4.69, 9.17) is 4.98 Å². The van der Waals surface area contributed by atoms with Gasteiger partial charge in [-0.1, -0.05) is 30.3 Å². The second-order valence-electron chi connectivity index (χ2n) is 5.66. The van der Waals surface area contributed by atoms with Crippen molar-refractivity contribution in [3.05, 3.63) is 86.3 Å². The average molecular weight is 444 g/mol. The molecule has 4 aromatic rings. The molecule has 0 aliphatic carbocycles. The van der Waals surface area contributed by atoms with Crippen molar-refractivity contribution >= 4 is 44.7 Å². The van der Waals surface area contributed by atoms with Gasteiger partial charge in [-0.2, -0.15) is 0 Å². The van der Waals surface area contributed by atoms with Crippen LogP contribution in [0.1, 0.15) is 11.4 Å². The molecule has 0 unspecified atom stereocenters. The van der Waals surface area contributed by atoms with Gasteiger partial charge >= 0.3 is 0 Å². The summed E-state index contributed by atoms with van der Waals surface area (Å²) < 4.78 is 2.40. The number of hydrogen-bond acceptors (Lipinski definition) is 5. The summed E-state index contributed by atoms with van der Waals surface area (Å²) >= 11 is 6.74. The lowest BCUT2D eigenvalue weighted by Crippen LogP contribution is -2.15. The molecule has 3 aromatic heterocycles. The van der Waals surface area contributed by atoms with Gasteiger partial charge in [-0.15, -0.1) is 23.1 Å². The van der Waals surface area contributed by atoms with Crippen molar-refractivity contribution in [2.75, 3.05) is 0 Å². The fourth-order valence-corrected chi connectivity index (χ4v) is 4.63. The van der Waals surface area contributed by atoms with Gasteiger partial charge in [0, 0.05) is 39.2 Å². The Balaban J connectivity index is 1.44. The van der Waals surface area contributed by atoms with E-state index in [-0.39, 0.29) is 5.56 Å². The molecular formula is C19H14BrN3OS2. The minimum absolute atomic E-state index is 0.0630. The van der Waals surface area contributed by atoms with Gasteiger partial charge in [0.25, 0.3) is 5.56 Å². The minimum Gasteiger partial charge on any atom is -0.269 e. The largest absolute Gasteiger partial charge is 0.269 e. The number of fused-ring (bicyclic) bond motifs is 1. The molecule has 3 heterocycles. The van der Waals surface area contributed by atoms with Crippen molar-refractivity contribution in [3.63, 3.8) is 0 Å². The fourth-order valence-electron chi connectivity index (χ4n) is 2.55. The lowest BCUT2D eigenvalue weighted by atomic mass is 10.2. The summed E-state index contributed by atoms with van der Waals surface area (Å²) in [6, 6.07) is 15.5. The summed E-state index contributed by atoms with van der Waals surface area (Å²) in [5.41, 5.74) is 3.59. The molecule has 0 atom stereocenters. The van der Waals surface area contributed by atoms with E-state index in [1.807, 2.05) is 30.3 Å². The molecule has 0 saturated heterocycles. The van der Waals surface area contributed by atoms with Gasteiger partial charge in [-0.3, -0.25) is 9.20 Å². The molecule has 0 aliphatic heterocycles. The zero-order valence-electron chi connectivity index (χ0n) is 13.6. The smallest absolute Gasteiger partial charge is 0.258 e. The third-order valence-corrected chi connectivity index (χ3v) is 6.16. The van der Waals surface area contributed by atoms with E-state index in [0.29, 0.717) is 11.4 Å². The van der Waals surface area contributed by atoms with E-state index >= 15 is 0 Å². The summed E-state index contributed by atoms with van der Waals surface area (Å²) in [7, 11) is 0. The topological polar surface area (TPSA) is 47.3 Å². The fraction of sp³-hybridized carbons (Fsp3) is 0.105. The standard InChI is InChI=1S/C19H14BrN3OS2/c20-14-6-7-17-21-15(8-18(24)23(17)9-14)10-25-11-16-12-26-19(22-16)13-4-2-1-3-5-13/h1-9,12H,10-11H2. The predicted octanol–water partition coefficient (Wildman–Crippen LogP) is 5.01. The highest BCUT2D eigenvalue weighted by atomic mass is 79.9. The van der Waals surface area contributed by atoms with Crippen LogP contribution in [0.5, 0.6) is 0 Å². The highest BCUT2D eigenvalue weighted by Gasteiger charge is 2.06. The molecular weight excluding hydrogens is 430 g/mol. The Hall–Kier alpha value is -1.96. The number of nitrogens with zero attached hydrogens (tertiary/aromatic N) is 3. The first-order valence-corrected chi connectivity index (χ1v) is 10.8. The van der Waals surface area contributed by atoms with Crippen LogP contribution >= 0.6 is 39.0 Å². The second kappa shape index (κ2) is 7.73. The first-order valence-electron chi connectivity index (χ1n) is 7.94. The van der Waals surface area contributed by atoms with Crippen LogP contribution in [0.25, 0.3) is 16.2 Å². The Kier molecular flexibility index (Phi) is 5.19. The Morgan fingerprint density at radius 2 is 1.85 bits per heavy atom. The average Bonchev–Trinajstić information content (AvgIpc) is 3.12. The van der Waals surface area contributed by atoms with Crippen LogP contribution in [-0.4, -0.2) is 14.4 Å². The molecule has 4 nitrogen and oxygen atoms in total. The second-order valence-corrected chi connectivity index (χ2v) is 8.42. The molecule has 0 amide bonds. The van der Waals surface area contributed by atoms with Crippen molar-refractivity contribution in [2.24, 2.45) is 0 Å². The molecule has 1 aromatic carbocycles. The first-order chi connectivity index (χ1) is 12.7. The Labute approximate surface area is 167 Å². The number of pyridine rings is 1. The first kappa shape index (κ1) is 17.5. The molecule has 7 heteroatoms. The predicted molar refractivity (Wildman–Crippen MR) is 112 cm³/mol. The van der Waals surface area contributed by atoms with Crippen LogP contribution in [0.3, 0.4) is 0 Å². The van der Waals surface area contributed by atoms with Crippen LogP contribution in [-0.2, 0) is 11.5 Å². The van der Waals surface area contributed by atoms with Gasteiger partial charge in [0.2, 0.25) is 0 Å². The number of rotatable bonds is 5. The molecule has 0 saturated carbocycles. The van der Waals surface area contributed by atoms with Crippen molar-refractivity contribution in [1.82, 2.24) is 14.4 Å². The maximum atomic E-state index is 12.2. The highest BCUT2D eigenvalue weighted by molar-refractivity contribution is 9.10. The molecule has 0 fully saturated rings. The van der Waals surface area contributed by atoms with Crippen molar-refractivity contribution < 1.29 is 0 Å². The van der Waals surface area contributed by atoms with E-state index in [9.17, 15) is 4.79 Å². The van der Waals surface area contributed by atoms with Crippen LogP contribution in [0, 0.1) is 0 Å². The van der Waals surface area contributed by atoms with E-state index < -0.39 is 0 Å². The molecule has 0 radical (unpaired) electrons. The van der Waals surface area contributed by atoms with Gasteiger partial charge in [0.05, 0.1) is 11.4 Å². The molecule has 0 spiro atoms. The summed E-state index contributed by atoms with van der Waals surface area (Å²) in [5, 5.41) is 3.13. The minimum atomic E-state index is -0.0630. The Morgan fingerprint density at radius 3 is 2.69 bits per heavy atom. The molecule has 4 rings (SSSR count). The van der Waals surface area contributed by atoms with E-state index in [1.165, 1.54) is 0 Å². The monoisotopic (exact) mass is 443 g/mol. The lowest BCUT2D eigenvalue weighted by Gasteiger charge is -2.04. The molecule has 0 N–H and O–H groups in total. The maximum absolute atomic E-state index is 12.2. The lowest BCUT2D eigenvalue weighted by molar-refractivity contribution is 1.01. The number of aromatic nitrogens is 3. The summed E-state index contributed by atoms with van der Waals surface area (Å²) in [4.78, 5) is 21.5.